The number of halogens is 1. The highest BCUT2D eigenvalue weighted by Gasteiger charge is 2.30. The maximum Gasteiger partial charge on any atom is 0.243 e. The molecule has 0 aliphatic carbocycles. The fraction of sp³-hybridized carbons (Fsp3) is 0.355. The molecule has 0 heterocycles. The van der Waals surface area contributed by atoms with Crippen molar-refractivity contribution < 1.29 is 18.0 Å². The van der Waals surface area contributed by atoms with Crippen LogP contribution in [0.15, 0.2) is 89.8 Å². The van der Waals surface area contributed by atoms with E-state index in [0.717, 1.165) is 11.1 Å². The second kappa shape index (κ2) is 15.0. The summed E-state index contributed by atoms with van der Waals surface area (Å²) in [6, 6.07) is 24.3. The Morgan fingerprint density at radius 1 is 0.875 bits per heavy atom. The quantitative estimate of drug-likeness (QED) is 0.284. The molecule has 3 aromatic carbocycles. The van der Waals surface area contributed by atoms with E-state index in [4.69, 9.17) is 11.6 Å². The molecule has 0 aromatic heterocycles. The van der Waals surface area contributed by atoms with Crippen LogP contribution in [0, 0.1) is 5.92 Å². The molecule has 0 unspecified atom stereocenters. The maximum absolute atomic E-state index is 13.7. The van der Waals surface area contributed by atoms with Crippen molar-refractivity contribution in [3.8, 4) is 0 Å². The van der Waals surface area contributed by atoms with Gasteiger partial charge in [-0.2, -0.15) is 0 Å². The van der Waals surface area contributed by atoms with Crippen LogP contribution in [-0.2, 0) is 32.6 Å². The summed E-state index contributed by atoms with van der Waals surface area (Å²) in [5, 5.41) is 3.59. The topological polar surface area (TPSA) is 86.8 Å². The molecule has 1 N–H and O–H groups in total. The van der Waals surface area contributed by atoms with Gasteiger partial charge in [-0.05, 0) is 47.7 Å². The van der Waals surface area contributed by atoms with Crippen molar-refractivity contribution in [3.05, 3.63) is 101 Å². The third-order valence-corrected chi connectivity index (χ3v) is 8.66. The predicted octanol–water partition coefficient (Wildman–Crippen LogP) is 5.15. The van der Waals surface area contributed by atoms with Crippen molar-refractivity contribution in [2.24, 2.45) is 5.92 Å². The standard InChI is InChI=1S/C31H38ClN3O4S/c1-24(2)22-33-31(37)29(21-25-11-6-4-7-12-25)35(23-26-16-18-27(32)19-17-26)30(36)15-10-20-34(3)40(38,39)28-13-8-5-9-14-28/h4-9,11-14,16-19,24,29H,10,15,20-23H2,1-3H3,(H,33,37)/t29-/m0/s1. The van der Waals surface area contributed by atoms with Crippen LogP contribution in [-0.4, -0.2) is 55.6 Å². The Morgan fingerprint density at radius 2 is 1.48 bits per heavy atom. The van der Waals surface area contributed by atoms with Gasteiger partial charge in [0.2, 0.25) is 21.8 Å². The Hall–Kier alpha value is -3.20. The van der Waals surface area contributed by atoms with Gasteiger partial charge in [-0.3, -0.25) is 9.59 Å². The lowest BCUT2D eigenvalue weighted by molar-refractivity contribution is -0.141. The molecule has 40 heavy (non-hydrogen) atoms. The van der Waals surface area contributed by atoms with Crippen LogP contribution >= 0.6 is 11.6 Å². The fourth-order valence-electron chi connectivity index (χ4n) is 4.25. The average molecular weight is 584 g/mol. The first-order valence-electron chi connectivity index (χ1n) is 13.4. The normalized spacial score (nSPS) is 12.3. The summed E-state index contributed by atoms with van der Waals surface area (Å²) in [6.07, 6.45) is 0.752. The molecular formula is C31H38ClN3O4S. The van der Waals surface area contributed by atoms with Crippen LogP contribution in [0.25, 0.3) is 0 Å². The van der Waals surface area contributed by atoms with Crippen LogP contribution in [0.2, 0.25) is 5.02 Å². The van der Waals surface area contributed by atoms with Gasteiger partial charge < -0.3 is 10.2 Å². The number of nitrogens with one attached hydrogen (secondary N) is 1. The number of hydrogen-bond acceptors (Lipinski definition) is 4. The molecule has 0 fully saturated rings. The summed E-state index contributed by atoms with van der Waals surface area (Å²) >= 11 is 6.08. The summed E-state index contributed by atoms with van der Waals surface area (Å²) in [5.74, 6) is -0.187. The van der Waals surface area contributed by atoms with Crippen LogP contribution in [0.5, 0.6) is 0 Å². The van der Waals surface area contributed by atoms with E-state index in [2.05, 4.69) is 5.32 Å². The second-order valence-electron chi connectivity index (χ2n) is 10.2. The highest BCUT2D eigenvalue weighted by Crippen LogP contribution is 2.19. The second-order valence-corrected chi connectivity index (χ2v) is 12.7. The van der Waals surface area contributed by atoms with E-state index in [1.807, 2.05) is 56.3 Å². The van der Waals surface area contributed by atoms with E-state index in [0.29, 0.717) is 24.4 Å². The van der Waals surface area contributed by atoms with Gasteiger partial charge in [-0.15, -0.1) is 0 Å². The van der Waals surface area contributed by atoms with Crippen LogP contribution in [0.1, 0.15) is 37.8 Å². The van der Waals surface area contributed by atoms with E-state index in [1.165, 1.54) is 11.4 Å². The summed E-state index contributed by atoms with van der Waals surface area (Å²) < 4.78 is 27.1. The van der Waals surface area contributed by atoms with Gasteiger partial charge >= 0.3 is 0 Å². The Kier molecular flexibility index (Phi) is 11.7. The summed E-state index contributed by atoms with van der Waals surface area (Å²) in [6.45, 7) is 4.92. The highest BCUT2D eigenvalue weighted by molar-refractivity contribution is 7.89. The molecule has 1 atom stereocenters. The number of carbonyl (C=O) groups excluding carboxylic acids is 2. The number of carbonyl (C=O) groups is 2. The Morgan fingerprint density at radius 3 is 2.08 bits per heavy atom. The molecule has 0 saturated heterocycles. The molecule has 2 amide bonds. The van der Waals surface area contributed by atoms with Crippen molar-refractivity contribution in [1.29, 1.82) is 0 Å². The third kappa shape index (κ3) is 9.18. The summed E-state index contributed by atoms with van der Waals surface area (Å²) in [4.78, 5) is 29.1. The number of nitrogens with zero attached hydrogens (tertiary/aromatic N) is 2. The zero-order valence-corrected chi connectivity index (χ0v) is 24.9. The van der Waals surface area contributed by atoms with Crippen molar-refractivity contribution in [2.75, 3.05) is 20.1 Å². The molecule has 214 valence electrons. The first-order valence-corrected chi connectivity index (χ1v) is 15.3. The van der Waals surface area contributed by atoms with Gasteiger partial charge in [0.25, 0.3) is 0 Å². The lowest BCUT2D eigenvalue weighted by atomic mass is 10.0. The first kappa shape index (κ1) is 31.3. The Labute approximate surface area is 243 Å². The number of sulfonamides is 1. The largest absolute Gasteiger partial charge is 0.354 e. The summed E-state index contributed by atoms with van der Waals surface area (Å²) in [7, 11) is -2.15. The van der Waals surface area contributed by atoms with Crippen LogP contribution in [0.4, 0.5) is 0 Å². The number of benzene rings is 3. The van der Waals surface area contributed by atoms with Crippen LogP contribution in [0.3, 0.4) is 0 Å². The number of hydrogen-bond donors (Lipinski definition) is 1. The molecule has 3 aromatic rings. The molecule has 7 nitrogen and oxygen atoms in total. The van der Waals surface area contributed by atoms with Crippen LogP contribution < -0.4 is 5.32 Å². The molecule has 0 aliphatic rings. The smallest absolute Gasteiger partial charge is 0.243 e. The van der Waals surface area contributed by atoms with Crippen molar-refractivity contribution in [3.63, 3.8) is 0 Å². The van der Waals surface area contributed by atoms with Gasteiger partial charge in [0.15, 0.2) is 0 Å². The zero-order chi connectivity index (χ0) is 29.1. The number of rotatable bonds is 14. The minimum atomic E-state index is -3.66. The monoisotopic (exact) mass is 583 g/mol. The lowest BCUT2D eigenvalue weighted by Crippen LogP contribution is -2.51. The zero-order valence-electron chi connectivity index (χ0n) is 23.3. The van der Waals surface area contributed by atoms with Crippen molar-refractivity contribution in [1.82, 2.24) is 14.5 Å². The Bertz CT molecular complexity index is 1330. The molecule has 0 bridgehead atoms. The summed E-state index contributed by atoms with van der Waals surface area (Å²) in [5.41, 5.74) is 1.78. The molecule has 0 spiro atoms. The van der Waals surface area contributed by atoms with E-state index in [9.17, 15) is 18.0 Å². The highest BCUT2D eigenvalue weighted by atomic mass is 35.5. The predicted molar refractivity (Wildman–Crippen MR) is 159 cm³/mol. The van der Waals surface area contributed by atoms with E-state index in [1.54, 1.807) is 47.4 Å². The molecule has 3 rings (SSSR count). The van der Waals surface area contributed by atoms with Crippen molar-refractivity contribution in [2.45, 2.75) is 50.6 Å². The van der Waals surface area contributed by atoms with Crippen molar-refractivity contribution >= 4 is 33.4 Å². The molecule has 0 saturated carbocycles. The molecular weight excluding hydrogens is 546 g/mol. The van der Waals surface area contributed by atoms with Gasteiger partial charge in [-0.25, -0.2) is 12.7 Å². The minimum Gasteiger partial charge on any atom is -0.354 e. The van der Waals surface area contributed by atoms with Gasteiger partial charge in [0.05, 0.1) is 4.90 Å². The molecule has 9 heteroatoms. The maximum atomic E-state index is 13.7. The van der Waals surface area contributed by atoms with Gasteiger partial charge in [-0.1, -0.05) is 86.1 Å². The lowest BCUT2D eigenvalue weighted by Gasteiger charge is -2.32. The number of amides is 2. The Balaban J connectivity index is 1.81. The van der Waals surface area contributed by atoms with E-state index < -0.39 is 16.1 Å². The minimum absolute atomic E-state index is 0.0883. The molecule has 0 aliphatic heterocycles. The van der Waals surface area contributed by atoms with E-state index >= 15 is 0 Å². The SMILES string of the molecule is CC(C)CNC(=O)[C@H](Cc1ccccc1)N(Cc1ccc(Cl)cc1)C(=O)CCCN(C)S(=O)(=O)c1ccccc1. The fourth-order valence-corrected chi connectivity index (χ4v) is 5.61. The van der Waals surface area contributed by atoms with Gasteiger partial charge in [0.1, 0.15) is 6.04 Å². The first-order chi connectivity index (χ1) is 19.1. The van der Waals surface area contributed by atoms with Gasteiger partial charge in [0, 0.05) is 44.5 Å². The van der Waals surface area contributed by atoms with E-state index in [-0.39, 0.29) is 42.1 Å². The third-order valence-electron chi connectivity index (χ3n) is 6.54. The average Bonchev–Trinajstić information content (AvgIpc) is 2.95. The molecule has 0 radical (unpaired) electrons.